The van der Waals surface area contributed by atoms with Gasteiger partial charge in [-0.05, 0) is 50.3 Å². The number of aromatic nitrogens is 5. The fourth-order valence-electron chi connectivity index (χ4n) is 5.97. The molecular weight excluding hydrogens is 459 g/mol. The Labute approximate surface area is 209 Å². The number of H-pyrrole nitrogens is 1. The Morgan fingerprint density at radius 1 is 1.17 bits per heavy atom. The molecule has 1 N–H and O–H groups in total. The molecule has 36 heavy (non-hydrogen) atoms. The lowest BCUT2D eigenvalue weighted by atomic mass is 9.82. The highest BCUT2D eigenvalue weighted by Crippen LogP contribution is 2.42. The van der Waals surface area contributed by atoms with Gasteiger partial charge in [0.05, 0.1) is 49.5 Å². The number of aromatic amines is 1. The van der Waals surface area contributed by atoms with Crippen molar-refractivity contribution in [1.82, 2.24) is 29.5 Å². The van der Waals surface area contributed by atoms with E-state index in [1.165, 1.54) is 6.33 Å². The summed E-state index contributed by atoms with van der Waals surface area (Å²) in [5, 5.41) is 4.93. The molecule has 2 aliphatic rings. The summed E-state index contributed by atoms with van der Waals surface area (Å²) in [6, 6.07) is 2.99. The van der Waals surface area contributed by atoms with Crippen LogP contribution in [0.1, 0.15) is 62.6 Å². The summed E-state index contributed by atoms with van der Waals surface area (Å²) in [4.78, 5) is 14.8. The Balaban J connectivity index is 1.36. The zero-order valence-corrected chi connectivity index (χ0v) is 21.3. The second kappa shape index (κ2) is 9.12. The second-order valence-electron chi connectivity index (χ2n) is 10.5. The van der Waals surface area contributed by atoms with E-state index in [2.05, 4.69) is 45.8 Å². The van der Waals surface area contributed by atoms with Crippen LogP contribution in [0.4, 0.5) is 4.39 Å². The molecule has 0 unspecified atom stereocenters. The van der Waals surface area contributed by atoms with Crippen LogP contribution in [0.25, 0.3) is 27.8 Å². The fraction of sp³-hybridized carbons (Fsp3) is 0.519. The van der Waals surface area contributed by atoms with E-state index in [-0.39, 0.29) is 17.7 Å². The Kier molecular flexibility index (Phi) is 5.92. The van der Waals surface area contributed by atoms with Crippen molar-refractivity contribution in [2.24, 2.45) is 0 Å². The number of rotatable bonds is 6. The van der Waals surface area contributed by atoms with Crippen LogP contribution in [0.2, 0.25) is 0 Å². The maximum atomic E-state index is 16.2. The summed E-state index contributed by atoms with van der Waals surface area (Å²) < 4.78 is 28.9. The lowest BCUT2D eigenvalue weighted by molar-refractivity contribution is -0.0739. The number of likely N-dealkylation sites (N-methyl/N-ethyl adjacent to an activating group) is 1. The first-order chi connectivity index (χ1) is 17.5. The molecule has 2 fully saturated rings. The van der Waals surface area contributed by atoms with Gasteiger partial charge in [0.15, 0.2) is 17.2 Å². The number of nitrogens with zero attached hydrogens (tertiary/aromatic N) is 5. The van der Waals surface area contributed by atoms with Crippen molar-refractivity contribution in [3.63, 3.8) is 0 Å². The third kappa shape index (κ3) is 3.76. The van der Waals surface area contributed by atoms with Crippen molar-refractivity contribution < 1.29 is 13.9 Å². The van der Waals surface area contributed by atoms with Crippen molar-refractivity contribution in [3.05, 3.63) is 41.9 Å². The third-order valence-electron chi connectivity index (χ3n) is 8.13. The quantitative estimate of drug-likeness (QED) is 0.412. The summed E-state index contributed by atoms with van der Waals surface area (Å²) in [5.74, 6) is 0.677. The molecule has 8 nitrogen and oxygen atoms in total. The Hall–Kier alpha value is -3.04. The molecule has 0 radical (unpaired) electrons. The first kappa shape index (κ1) is 23.4. The maximum Gasteiger partial charge on any atom is 0.197 e. The number of ether oxygens (including phenoxy) is 2. The van der Waals surface area contributed by atoms with E-state index in [0.29, 0.717) is 40.1 Å². The number of pyridine rings is 2. The number of hydrogen-bond donors (Lipinski definition) is 1. The normalized spacial score (nSPS) is 21.1. The lowest BCUT2D eigenvalue weighted by Crippen LogP contribution is -2.52. The van der Waals surface area contributed by atoms with Gasteiger partial charge < -0.3 is 14.5 Å². The van der Waals surface area contributed by atoms with Crippen molar-refractivity contribution in [1.29, 1.82) is 0 Å². The van der Waals surface area contributed by atoms with Gasteiger partial charge in [-0.15, -0.1) is 0 Å². The molecule has 9 heteroatoms. The standard InChI is InChI=1S/C27H33FN6O2/c1-15(2)22-23-20(32-25(22)17-9-21(35-4)27-30-14-31-34(27)11-17)10-29-26(24(23)28)16-5-7-18(8-6-16)33(3)19-12-36-13-19/h9-11,14-16,18-19,32H,5-8,12-13H2,1-4H3. The van der Waals surface area contributed by atoms with Crippen LogP contribution in [0.5, 0.6) is 5.75 Å². The topological polar surface area (TPSA) is 80.6 Å². The average Bonchev–Trinajstić information content (AvgIpc) is 3.48. The van der Waals surface area contributed by atoms with Crippen LogP contribution >= 0.6 is 0 Å². The zero-order valence-electron chi connectivity index (χ0n) is 21.3. The van der Waals surface area contributed by atoms with E-state index in [9.17, 15) is 0 Å². The Morgan fingerprint density at radius 2 is 1.94 bits per heavy atom. The zero-order chi connectivity index (χ0) is 25.0. The number of hydrogen-bond acceptors (Lipinski definition) is 6. The van der Waals surface area contributed by atoms with Crippen molar-refractivity contribution in [2.45, 2.75) is 63.5 Å². The van der Waals surface area contributed by atoms with Crippen molar-refractivity contribution in [2.75, 3.05) is 27.4 Å². The monoisotopic (exact) mass is 492 g/mol. The molecule has 0 aromatic carbocycles. The van der Waals surface area contributed by atoms with Crippen LogP contribution < -0.4 is 4.74 Å². The van der Waals surface area contributed by atoms with E-state index in [4.69, 9.17) is 9.47 Å². The minimum absolute atomic E-state index is 0.102. The van der Waals surface area contributed by atoms with Crippen molar-refractivity contribution >= 4 is 16.6 Å². The van der Waals surface area contributed by atoms with Gasteiger partial charge in [-0.3, -0.25) is 9.88 Å². The highest BCUT2D eigenvalue weighted by Gasteiger charge is 2.33. The molecule has 6 rings (SSSR count). The average molecular weight is 493 g/mol. The van der Waals surface area contributed by atoms with Crippen LogP contribution in [0.3, 0.4) is 0 Å². The molecule has 0 spiro atoms. The largest absolute Gasteiger partial charge is 0.493 e. The molecule has 0 bridgehead atoms. The highest BCUT2D eigenvalue weighted by atomic mass is 19.1. The summed E-state index contributed by atoms with van der Waals surface area (Å²) in [6.07, 6.45) is 9.22. The molecule has 1 saturated carbocycles. The van der Waals surface area contributed by atoms with E-state index in [0.717, 1.165) is 55.7 Å². The highest BCUT2D eigenvalue weighted by molar-refractivity contribution is 5.92. The number of halogens is 1. The smallest absolute Gasteiger partial charge is 0.197 e. The fourth-order valence-corrected chi connectivity index (χ4v) is 5.97. The summed E-state index contributed by atoms with van der Waals surface area (Å²) in [5.41, 5.74) is 4.64. The van der Waals surface area contributed by atoms with Crippen LogP contribution in [0.15, 0.2) is 24.8 Å². The van der Waals surface area contributed by atoms with E-state index < -0.39 is 0 Å². The van der Waals surface area contributed by atoms with Gasteiger partial charge in [0.25, 0.3) is 0 Å². The Morgan fingerprint density at radius 3 is 2.61 bits per heavy atom. The van der Waals surface area contributed by atoms with Gasteiger partial charge in [0, 0.05) is 29.1 Å². The minimum Gasteiger partial charge on any atom is -0.493 e. The molecule has 190 valence electrons. The second-order valence-corrected chi connectivity index (χ2v) is 10.5. The Bertz CT molecular complexity index is 1400. The van der Waals surface area contributed by atoms with Gasteiger partial charge in [-0.2, -0.15) is 5.10 Å². The maximum absolute atomic E-state index is 16.2. The van der Waals surface area contributed by atoms with E-state index in [1.807, 2.05) is 12.3 Å². The SMILES string of the molecule is COc1cc(-c2[nH]c3cnc(C4CCC(N(C)C5COC5)CC4)c(F)c3c2C(C)C)cn2ncnc12. The number of fused-ring (bicyclic) bond motifs is 2. The summed E-state index contributed by atoms with van der Waals surface area (Å²) in [6.45, 7) is 5.85. The molecule has 1 aliphatic heterocycles. The third-order valence-corrected chi connectivity index (χ3v) is 8.13. The van der Waals surface area contributed by atoms with Gasteiger partial charge in [0.1, 0.15) is 6.33 Å². The molecule has 0 amide bonds. The molecule has 4 aromatic rings. The van der Waals surface area contributed by atoms with Gasteiger partial charge in [-0.1, -0.05) is 13.8 Å². The lowest BCUT2D eigenvalue weighted by Gasteiger charge is -2.42. The summed E-state index contributed by atoms with van der Waals surface area (Å²) in [7, 11) is 3.82. The predicted molar refractivity (Wildman–Crippen MR) is 136 cm³/mol. The van der Waals surface area contributed by atoms with Gasteiger partial charge >= 0.3 is 0 Å². The van der Waals surface area contributed by atoms with Crippen LogP contribution in [-0.4, -0.2) is 68.9 Å². The van der Waals surface area contributed by atoms with Crippen molar-refractivity contribution in [3.8, 4) is 17.0 Å². The van der Waals surface area contributed by atoms with E-state index in [1.54, 1.807) is 17.8 Å². The number of nitrogens with one attached hydrogen (secondary N) is 1. The molecule has 4 aromatic heterocycles. The molecule has 1 aliphatic carbocycles. The molecule has 0 atom stereocenters. The summed E-state index contributed by atoms with van der Waals surface area (Å²) >= 11 is 0. The van der Waals surface area contributed by atoms with Crippen LogP contribution in [-0.2, 0) is 4.74 Å². The predicted octanol–water partition coefficient (Wildman–Crippen LogP) is 4.90. The van der Waals surface area contributed by atoms with E-state index >= 15 is 4.39 Å². The molecule has 1 saturated heterocycles. The first-order valence-electron chi connectivity index (χ1n) is 12.8. The van der Waals surface area contributed by atoms with Crippen LogP contribution in [0, 0.1) is 5.82 Å². The van der Waals surface area contributed by atoms with Gasteiger partial charge in [0.2, 0.25) is 0 Å². The molecular formula is C27H33FN6O2. The first-order valence-corrected chi connectivity index (χ1v) is 12.8. The molecule has 5 heterocycles. The number of methoxy groups -OCH3 is 1. The van der Waals surface area contributed by atoms with Gasteiger partial charge in [-0.25, -0.2) is 13.9 Å². The minimum atomic E-state index is -0.184.